The van der Waals surface area contributed by atoms with E-state index in [-0.39, 0.29) is 6.54 Å². The molecule has 0 bridgehead atoms. The highest BCUT2D eigenvalue weighted by atomic mass is 35.5. The molecule has 5 nitrogen and oxygen atoms in total. The summed E-state index contributed by atoms with van der Waals surface area (Å²) in [6, 6.07) is 2.09. The SMILES string of the molecule is CN(Cc1cscn1)S(=O)(=O)c1cc(CCl)n(C2CC2)c1. The molecular formula is C13H16ClN3O2S2. The van der Waals surface area contributed by atoms with Crippen LogP contribution in [0.15, 0.2) is 28.0 Å². The zero-order valence-electron chi connectivity index (χ0n) is 11.6. The molecule has 0 spiro atoms. The van der Waals surface area contributed by atoms with Crippen LogP contribution in [-0.4, -0.2) is 29.3 Å². The first-order valence-corrected chi connectivity index (χ1v) is 9.54. The number of nitrogens with zero attached hydrogens (tertiary/aromatic N) is 3. The van der Waals surface area contributed by atoms with Gasteiger partial charge in [0, 0.05) is 30.4 Å². The van der Waals surface area contributed by atoms with E-state index < -0.39 is 10.0 Å². The molecule has 0 atom stereocenters. The molecule has 3 rings (SSSR count). The molecule has 0 aliphatic heterocycles. The van der Waals surface area contributed by atoms with Crippen molar-refractivity contribution < 1.29 is 8.42 Å². The molecule has 8 heteroatoms. The van der Waals surface area contributed by atoms with Crippen molar-refractivity contribution in [3.63, 3.8) is 0 Å². The van der Waals surface area contributed by atoms with Crippen molar-refractivity contribution in [3.8, 4) is 0 Å². The van der Waals surface area contributed by atoms with E-state index >= 15 is 0 Å². The molecule has 0 saturated heterocycles. The molecule has 0 aromatic carbocycles. The maximum absolute atomic E-state index is 12.6. The van der Waals surface area contributed by atoms with Crippen molar-refractivity contribution in [2.24, 2.45) is 0 Å². The molecule has 1 aliphatic rings. The lowest BCUT2D eigenvalue weighted by Gasteiger charge is -2.14. The van der Waals surface area contributed by atoms with Crippen LogP contribution in [0.3, 0.4) is 0 Å². The van der Waals surface area contributed by atoms with E-state index in [0.717, 1.165) is 24.2 Å². The summed E-state index contributed by atoms with van der Waals surface area (Å²) < 4.78 is 28.6. The van der Waals surface area contributed by atoms with E-state index in [1.54, 1.807) is 24.8 Å². The number of aromatic nitrogens is 2. The van der Waals surface area contributed by atoms with Gasteiger partial charge in [0.15, 0.2) is 0 Å². The Morgan fingerprint density at radius 3 is 2.86 bits per heavy atom. The van der Waals surface area contributed by atoms with Gasteiger partial charge in [-0.3, -0.25) is 0 Å². The van der Waals surface area contributed by atoms with Gasteiger partial charge in [-0.2, -0.15) is 4.31 Å². The van der Waals surface area contributed by atoms with Crippen LogP contribution in [0.2, 0.25) is 0 Å². The Kier molecular flexibility index (Phi) is 4.09. The fourth-order valence-corrected chi connectivity index (χ4v) is 4.20. The molecule has 1 fully saturated rings. The third-order valence-corrected chi connectivity index (χ3v) is 6.24. The van der Waals surface area contributed by atoms with E-state index in [9.17, 15) is 8.42 Å². The summed E-state index contributed by atoms with van der Waals surface area (Å²) in [4.78, 5) is 4.43. The maximum Gasteiger partial charge on any atom is 0.244 e. The molecule has 0 radical (unpaired) electrons. The molecule has 1 saturated carbocycles. The van der Waals surface area contributed by atoms with Crippen molar-refractivity contribution in [2.45, 2.75) is 36.2 Å². The lowest BCUT2D eigenvalue weighted by atomic mass is 10.5. The third kappa shape index (κ3) is 3.01. The summed E-state index contributed by atoms with van der Waals surface area (Å²) in [5, 5.41) is 1.85. The topological polar surface area (TPSA) is 55.2 Å². The first-order valence-electron chi connectivity index (χ1n) is 6.62. The molecule has 0 N–H and O–H groups in total. The molecule has 1 aliphatic carbocycles. The maximum atomic E-state index is 12.6. The lowest BCUT2D eigenvalue weighted by Crippen LogP contribution is -2.26. The van der Waals surface area contributed by atoms with E-state index in [1.807, 2.05) is 9.95 Å². The van der Waals surface area contributed by atoms with Crippen molar-refractivity contribution in [2.75, 3.05) is 7.05 Å². The summed E-state index contributed by atoms with van der Waals surface area (Å²) in [6.45, 7) is 0.274. The van der Waals surface area contributed by atoms with Crippen LogP contribution < -0.4 is 0 Å². The minimum absolute atomic E-state index is 0.274. The predicted molar refractivity (Wildman–Crippen MR) is 83.0 cm³/mol. The summed E-state index contributed by atoms with van der Waals surface area (Å²) in [6.07, 6.45) is 3.89. The summed E-state index contributed by atoms with van der Waals surface area (Å²) in [7, 11) is -1.94. The molecule has 2 heterocycles. The van der Waals surface area contributed by atoms with Gasteiger partial charge in [-0.1, -0.05) is 0 Å². The van der Waals surface area contributed by atoms with Crippen LogP contribution >= 0.6 is 22.9 Å². The number of thiazole rings is 1. The minimum atomic E-state index is -3.51. The van der Waals surface area contributed by atoms with Gasteiger partial charge in [-0.15, -0.1) is 22.9 Å². The molecular weight excluding hydrogens is 330 g/mol. The second-order valence-corrected chi connectivity index (χ2v) is 8.21. The highest BCUT2D eigenvalue weighted by Gasteiger charge is 2.29. The Morgan fingerprint density at radius 2 is 2.29 bits per heavy atom. The zero-order valence-corrected chi connectivity index (χ0v) is 14.0. The van der Waals surface area contributed by atoms with Gasteiger partial charge in [-0.25, -0.2) is 13.4 Å². The van der Waals surface area contributed by atoms with E-state index in [4.69, 9.17) is 11.6 Å². The van der Waals surface area contributed by atoms with Crippen LogP contribution in [-0.2, 0) is 22.4 Å². The Morgan fingerprint density at radius 1 is 1.52 bits per heavy atom. The summed E-state index contributed by atoms with van der Waals surface area (Å²) in [5.74, 6) is 0.321. The molecule has 21 heavy (non-hydrogen) atoms. The number of hydrogen-bond acceptors (Lipinski definition) is 4. The van der Waals surface area contributed by atoms with Gasteiger partial charge in [0.25, 0.3) is 0 Å². The molecule has 2 aromatic heterocycles. The lowest BCUT2D eigenvalue weighted by molar-refractivity contribution is 0.463. The van der Waals surface area contributed by atoms with Crippen LogP contribution in [0.4, 0.5) is 0 Å². The smallest absolute Gasteiger partial charge is 0.244 e. The number of rotatable bonds is 6. The number of alkyl halides is 1. The van der Waals surface area contributed by atoms with Crippen LogP contribution in [0.5, 0.6) is 0 Å². The van der Waals surface area contributed by atoms with Gasteiger partial charge in [0.05, 0.1) is 23.6 Å². The Labute approximate surface area is 133 Å². The summed E-state index contributed by atoms with van der Waals surface area (Å²) in [5.41, 5.74) is 3.32. The average Bonchev–Trinajstić information content (AvgIpc) is 3.00. The number of sulfonamides is 1. The fraction of sp³-hybridized carbons (Fsp3) is 0.462. The number of hydrogen-bond donors (Lipinski definition) is 0. The van der Waals surface area contributed by atoms with Gasteiger partial charge in [0.2, 0.25) is 10.0 Å². The van der Waals surface area contributed by atoms with Crippen molar-refractivity contribution >= 4 is 33.0 Å². The summed E-state index contributed by atoms with van der Waals surface area (Å²) >= 11 is 7.38. The van der Waals surface area contributed by atoms with Crippen molar-refractivity contribution in [1.82, 2.24) is 13.9 Å². The van der Waals surface area contributed by atoms with Crippen molar-refractivity contribution in [3.05, 3.63) is 34.5 Å². The quantitative estimate of drug-likeness (QED) is 0.756. The Hall–Kier alpha value is -0.890. The van der Waals surface area contributed by atoms with Gasteiger partial charge in [-0.05, 0) is 18.9 Å². The highest BCUT2D eigenvalue weighted by molar-refractivity contribution is 7.89. The first kappa shape index (κ1) is 15.0. The zero-order chi connectivity index (χ0) is 15.0. The largest absolute Gasteiger partial charge is 0.346 e. The number of halogens is 1. The second-order valence-electron chi connectivity index (χ2n) is 5.18. The van der Waals surface area contributed by atoms with Crippen molar-refractivity contribution in [1.29, 1.82) is 0 Å². The van der Waals surface area contributed by atoms with Gasteiger partial charge < -0.3 is 4.57 Å². The molecule has 114 valence electrons. The Balaban J connectivity index is 1.87. The standard InChI is InChI=1S/C13H16ClN3O2S2/c1-16(6-10-8-20-9-15-10)21(18,19)13-4-12(5-14)17(7-13)11-2-3-11/h4,7-9,11H,2-3,5-6H2,1H3. The Bertz CT molecular complexity index is 721. The molecule has 2 aromatic rings. The van der Waals surface area contributed by atoms with E-state index in [1.165, 1.54) is 15.6 Å². The molecule has 0 unspecified atom stereocenters. The third-order valence-electron chi connectivity index (χ3n) is 3.56. The highest BCUT2D eigenvalue weighted by Crippen LogP contribution is 2.38. The second kappa shape index (κ2) is 5.72. The van der Waals surface area contributed by atoms with Gasteiger partial charge in [0.1, 0.15) is 4.90 Å². The van der Waals surface area contributed by atoms with Crippen LogP contribution in [0.1, 0.15) is 30.3 Å². The minimum Gasteiger partial charge on any atom is -0.346 e. The molecule has 0 amide bonds. The average molecular weight is 346 g/mol. The van der Waals surface area contributed by atoms with Crippen LogP contribution in [0.25, 0.3) is 0 Å². The first-order chi connectivity index (χ1) is 10.0. The van der Waals surface area contributed by atoms with E-state index in [2.05, 4.69) is 4.98 Å². The van der Waals surface area contributed by atoms with Gasteiger partial charge >= 0.3 is 0 Å². The monoisotopic (exact) mass is 345 g/mol. The normalized spacial score (nSPS) is 15.8. The van der Waals surface area contributed by atoms with Crippen LogP contribution in [0, 0.1) is 0 Å². The fourth-order valence-electron chi connectivity index (χ4n) is 2.25. The van der Waals surface area contributed by atoms with E-state index in [0.29, 0.717) is 16.8 Å². The predicted octanol–water partition coefficient (Wildman–Crippen LogP) is 2.84.